The number of hydrogen-bond acceptors (Lipinski definition) is 4. The zero-order valence-electron chi connectivity index (χ0n) is 12.7. The van der Waals surface area contributed by atoms with E-state index < -0.39 is 0 Å². The molecule has 0 atom stereocenters. The lowest BCUT2D eigenvalue weighted by Gasteiger charge is -2.15. The first kappa shape index (κ1) is 14.2. The van der Waals surface area contributed by atoms with Crippen molar-refractivity contribution in [2.45, 2.75) is 6.42 Å². The van der Waals surface area contributed by atoms with Crippen LogP contribution in [0.4, 0.5) is 5.69 Å². The molecule has 0 saturated carbocycles. The number of benzene rings is 2. The fraction of sp³-hybridized carbons (Fsp3) is 0.167. The van der Waals surface area contributed by atoms with E-state index in [1.54, 1.807) is 14.2 Å². The van der Waals surface area contributed by atoms with Gasteiger partial charge in [0, 0.05) is 41.4 Å². The molecule has 0 bridgehead atoms. The Bertz CT molecular complexity index is 785. The lowest BCUT2D eigenvalue weighted by molar-refractivity contribution is 0.387. The molecule has 0 unspecified atom stereocenters. The third-order valence-corrected chi connectivity index (χ3v) is 3.71. The Balaban J connectivity index is 2.12. The maximum atomic E-state index is 5.89. The first-order valence-corrected chi connectivity index (χ1v) is 7.06. The molecule has 1 heterocycles. The first-order valence-electron chi connectivity index (χ1n) is 7.06. The van der Waals surface area contributed by atoms with Crippen molar-refractivity contribution < 1.29 is 9.47 Å². The van der Waals surface area contributed by atoms with Crippen LogP contribution in [0.3, 0.4) is 0 Å². The summed E-state index contributed by atoms with van der Waals surface area (Å²) in [6.45, 7) is 0. The molecule has 22 heavy (non-hydrogen) atoms. The highest BCUT2D eigenvalue weighted by Gasteiger charge is 2.14. The molecule has 2 N–H and O–H groups in total. The number of nitrogens with zero attached hydrogens (tertiary/aromatic N) is 1. The van der Waals surface area contributed by atoms with Gasteiger partial charge < -0.3 is 15.2 Å². The number of aromatic nitrogens is 1. The van der Waals surface area contributed by atoms with Gasteiger partial charge in [-0.3, -0.25) is 4.98 Å². The van der Waals surface area contributed by atoms with Crippen LogP contribution >= 0.6 is 0 Å². The monoisotopic (exact) mass is 294 g/mol. The summed E-state index contributed by atoms with van der Waals surface area (Å²) in [5, 5.41) is 1.12. The van der Waals surface area contributed by atoms with E-state index in [1.807, 2.05) is 30.5 Å². The number of nitrogen functional groups attached to an aromatic ring is 1. The van der Waals surface area contributed by atoms with Crippen molar-refractivity contribution in [1.82, 2.24) is 4.98 Å². The number of nitrogens with two attached hydrogens (primary N) is 1. The molecule has 4 heteroatoms. The Labute approximate surface area is 129 Å². The average Bonchev–Trinajstić information content (AvgIpc) is 2.56. The van der Waals surface area contributed by atoms with E-state index in [0.717, 1.165) is 33.5 Å². The number of pyridine rings is 1. The molecule has 0 aliphatic rings. The van der Waals surface area contributed by atoms with Crippen molar-refractivity contribution in [3.05, 3.63) is 59.8 Å². The summed E-state index contributed by atoms with van der Waals surface area (Å²) in [7, 11) is 3.28. The van der Waals surface area contributed by atoms with Crippen LogP contribution in [-0.2, 0) is 6.42 Å². The molecule has 0 aliphatic heterocycles. The third-order valence-electron chi connectivity index (χ3n) is 3.71. The fourth-order valence-corrected chi connectivity index (χ4v) is 2.68. The van der Waals surface area contributed by atoms with Crippen LogP contribution in [0.15, 0.2) is 48.7 Å². The topological polar surface area (TPSA) is 57.4 Å². The summed E-state index contributed by atoms with van der Waals surface area (Å²) in [6.07, 6.45) is 2.48. The predicted molar refractivity (Wildman–Crippen MR) is 88.5 cm³/mol. The number of rotatable bonds is 4. The van der Waals surface area contributed by atoms with Gasteiger partial charge in [0.15, 0.2) is 0 Å². The zero-order valence-corrected chi connectivity index (χ0v) is 12.7. The highest BCUT2D eigenvalue weighted by Crippen LogP contribution is 2.34. The molecule has 112 valence electrons. The predicted octanol–water partition coefficient (Wildman–Crippen LogP) is 3.43. The standard InChI is InChI=1S/C18H18N2O2/c1-21-16-10-14(19)11-17(22-2)15(16)9-13-6-3-5-12-7-4-8-20-18(12)13/h3-8,10-11H,9,19H2,1-2H3. The second-order valence-electron chi connectivity index (χ2n) is 5.07. The smallest absolute Gasteiger partial charge is 0.128 e. The molecular formula is C18H18N2O2. The fourth-order valence-electron chi connectivity index (χ4n) is 2.68. The Morgan fingerprint density at radius 3 is 2.36 bits per heavy atom. The Hall–Kier alpha value is -2.75. The highest BCUT2D eigenvalue weighted by atomic mass is 16.5. The minimum atomic E-state index is 0.619. The highest BCUT2D eigenvalue weighted by molar-refractivity contribution is 5.82. The summed E-state index contributed by atoms with van der Waals surface area (Å²) < 4.78 is 10.9. The van der Waals surface area contributed by atoms with E-state index in [-0.39, 0.29) is 0 Å². The zero-order chi connectivity index (χ0) is 15.5. The van der Waals surface area contributed by atoms with Crippen molar-refractivity contribution in [3.8, 4) is 11.5 Å². The van der Waals surface area contributed by atoms with Crippen LogP contribution in [0, 0.1) is 0 Å². The van der Waals surface area contributed by atoms with E-state index in [9.17, 15) is 0 Å². The van der Waals surface area contributed by atoms with Gasteiger partial charge in [0.25, 0.3) is 0 Å². The van der Waals surface area contributed by atoms with Gasteiger partial charge in [0.2, 0.25) is 0 Å². The van der Waals surface area contributed by atoms with Crippen molar-refractivity contribution in [1.29, 1.82) is 0 Å². The van der Waals surface area contributed by atoms with E-state index in [2.05, 4.69) is 23.2 Å². The maximum absolute atomic E-state index is 5.89. The number of anilines is 1. The number of methoxy groups -OCH3 is 2. The SMILES string of the molecule is COc1cc(N)cc(OC)c1Cc1cccc2cccnc12. The lowest BCUT2D eigenvalue weighted by atomic mass is 10.00. The molecule has 2 aromatic carbocycles. The van der Waals surface area contributed by atoms with Gasteiger partial charge in [-0.2, -0.15) is 0 Å². The van der Waals surface area contributed by atoms with Crippen LogP contribution in [-0.4, -0.2) is 19.2 Å². The summed E-state index contributed by atoms with van der Waals surface area (Å²) in [4.78, 5) is 4.50. The molecular weight excluding hydrogens is 276 g/mol. The van der Waals surface area contributed by atoms with Crippen LogP contribution in [0.5, 0.6) is 11.5 Å². The van der Waals surface area contributed by atoms with Crippen molar-refractivity contribution in [3.63, 3.8) is 0 Å². The molecule has 0 amide bonds. The van der Waals surface area contributed by atoms with E-state index in [4.69, 9.17) is 15.2 Å². The second-order valence-corrected chi connectivity index (χ2v) is 5.07. The minimum absolute atomic E-state index is 0.619. The van der Waals surface area contributed by atoms with Crippen LogP contribution in [0.2, 0.25) is 0 Å². The molecule has 4 nitrogen and oxygen atoms in total. The minimum Gasteiger partial charge on any atom is -0.496 e. The molecule has 0 fully saturated rings. The van der Waals surface area contributed by atoms with Crippen LogP contribution in [0.25, 0.3) is 10.9 Å². The van der Waals surface area contributed by atoms with Crippen molar-refractivity contribution in [2.75, 3.05) is 20.0 Å². The number of para-hydroxylation sites is 1. The first-order chi connectivity index (χ1) is 10.7. The third kappa shape index (κ3) is 2.55. The normalized spacial score (nSPS) is 10.6. The Morgan fingerprint density at radius 2 is 1.68 bits per heavy atom. The molecule has 0 aliphatic carbocycles. The van der Waals surface area contributed by atoms with Gasteiger partial charge >= 0.3 is 0 Å². The molecule has 3 aromatic rings. The van der Waals surface area contributed by atoms with Crippen LogP contribution < -0.4 is 15.2 Å². The molecule has 0 saturated heterocycles. The summed E-state index contributed by atoms with van der Waals surface area (Å²) in [5.41, 5.74) is 9.60. The van der Waals surface area contributed by atoms with Crippen molar-refractivity contribution in [2.24, 2.45) is 0 Å². The van der Waals surface area contributed by atoms with Crippen LogP contribution in [0.1, 0.15) is 11.1 Å². The van der Waals surface area contributed by atoms with E-state index in [1.165, 1.54) is 0 Å². The summed E-state index contributed by atoms with van der Waals surface area (Å²) in [6, 6.07) is 13.8. The van der Waals surface area contributed by atoms with Gasteiger partial charge in [-0.15, -0.1) is 0 Å². The van der Waals surface area contributed by atoms with Gasteiger partial charge in [-0.1, -0.05) is 24.3 Å². The molecule has 0 radical (unpaired) electrons. The Kier molecular flexibility index (Phi) is 3.83. The maximum Gasteiger partial charge on any atom is 0.128 e. The quantitative estimate of drug-likeness (QED) is 0.749. The number of ether oxygens (including phenoxy) is 2. The van der Waals surface area contributed by atoms with Crippen molar-refractivity contribution >= 4 is 16.6 Å². The van der Waals surface area contributed by atoms with Gasteiger partial charge in [-0.25, -0.2) is 0 Å². The van der Waals surface area contributed by atoms with Gasteiger partial charge in [0.05, 0.1) is 19.7 Å². The Morgan fingerprint density at radius 1 is 1.00 bits per heavy atom. The summed E-state index contributed by atoms with van der Waals surface area (Å²) >= 11 is 0. The van der Waals surface area contributed by atoms with E-state index in [0.29, 0.717) is 12.1 Å². The number of hydrogen-bond donors (Lipinski definition) is 1. The molecule has 0 spiro atoms. The van der Waals surface area contributed by atoms with Gasteiger partial charge in [-0.05, 0) is 11.6 Å². The second kappa shape index (κ2) is 5.93. The molecule has 1 aromatic heterocycles. The van der Waals surface area contributed by atoms with Gasteiger partial charge in [0.1, 0.15) is 11.5 Å². The van der Waals surface area contributed by atoms with E-state index >= 15 is 0 Å². The largest absolute Gasteiger partial charge is 0.496 e. The lowest BCUT2D eigenvalue weighted by Crippen LogP contribution is -2.01. The molecule has 3 rings (SSSR count). The number of fused-ring (bicyclic) bond motifs is 1. The summed E-state index contributed by atoms with van der Waals surface area (Å²) in [5.74, 6) is 1.45. The average molecular weight is 294 g/mol.